The minimum absolute atomic E-state index is 0.00564. The topological polar surface area (TPSA) is 52.6 Å². The highest BCUT2D eigenvalue weighted by molar-refractivity contribution is 5.79. The normalized spacial score (nSPS) is 23.0. The molecule has 1 aliphatic carbocycles. The predicted molar refractivity (Wildman–Crippen MR) is 97.8 cm³/mol. The summed E-state index contributed by atoms with van der Waals surface area (Å²) in [5, 5.41) is 7.01. The fourth-order valence-electron chi connectivity index (χ4n) is 4.32. The first-order valence-corrected chi connectivity index (χ1v) is 10.1. The Balaban J connectivity index is 1.26. The number of halogens is 3. The van der Waals surface area contributed by atoms with Crippen molar-refractivity contribution in [1.29, 1.82) is 0 Å². The monoisotopic (exact) mass is 397 g/mol. The highest BCUT2D eigenvalue weighted by Crippen LogP contribution is 2.29. The maximum absolute atomic E-state index is 12.8. The van der Waals surface area contributed by atoms with Gasteiger partial charge in [0.1, 0.15) is 0 Å². The first-order valence-electron chi connectivity index (χ1n) is 10.1. The Bertz CT molecular complexity index is 676. The smallest absolute Gasteiger partial charge is 0.355 e. The van der Waals surface area contributed by atoms with Gasteiger partial charge in [-0.15, -0.1) is 10.2 Å². The van der Waals surface area contributed by atoms with E-state index in [-0.39, 0.29) is 11.8 Å². The molecule has 2 aliphatic heterocycles. The molecule has 9 heteroatoms. The summed E-state index contributed by atoms with van der Waals surface area (Å²) in [6.07, 6.45) is 0.826. The van der Waals surface area contributed by atoms with E-state index in [1.165, 1.54) is 25.3 Å². The molecule has 0 aromatic carbocycles. The molecule has 3 fully saturated rings. The Morgan fingerprint density at radius 2 is 1.61 bits per heavy atom. The van der Waals surface area contributed by atoms with Crippen LogP contribution in [0.4, 0.5) is 19.0 Å². The van der Waals surface area contributed by atoms with E-state index < -0.39 is 11.9 Å². The third kappa shape index (κ3) is 4.09. The molecule has 3 aliphatic rings. The molecule has 3 heterocycles. The van der Waals surface area contributed by atoms with Gasteiger partial charge in [0.15, 0.2) is 11.5 Å². The molecule has 1 aromatic rings. The maximum Gasteiger partial charge on any atom is 0.435 e. The first-order chi connectivity index (χ1) is 13.4. The van der Waals surface area contributed by atoms with Crippen LogP contribution in [0, 0.1) is 5.92 Å². The molecule has 0 atom stereocenters. The van der Waals surface area contributed by atoms with Gasteiger partial charge < -0.3 is 9.80 Å². The lowest BCUT2D eigenvalue weighted by molar-refractivity contribution is -0.142. The van der Waals surface area contributed by atoms with Crippen molar-refractivity contribution in [2.75, 3.05) is 44.2 Å². The minimum Gasteiger partial charge on any atom is -0.355 e. The van der Waals surface area contributed by atoms with Gasteiger partial charge in [-0.25, -0.2) is 0 Å². The lowest BCUT2D eigenvalue weighted by atomic mass is 9.90. The van der Waals surface area contributed by atoms with Crippen LogP contribution in [-0.2, 0) is 11.0 Å². The van der Waals surface area contributed by atoms with Crippen LogP contribution in [0.2, 0.25) is 0 Å². The number of carbonyl (C=O) groups is 1. The largest absolute Gasteiger partial charge is 0.435 e. The third-order valence-electron chi connectivity index (χ3n) is 6.33. The van der Waals surface area contributed by atoms with Gasteiger partial charge in [0.05, 0.1) is 0 Å². The van der Waals surface area contributed by atoms with Crippen LogP contribution >= 0.6 is 0 Å². The third-order valence-corrected chi connectivity index (χ3v) is 6.33. The molecule has 28 heavy (non-hydrogen) atoms. The number of anilines is 1. The summed E-state index contributed by atoms with van der Waals surface area (Å²) in [5.74, 6) is 0.660. The maximum atomic E-state index is 12.8. The van der Waals surface area contributed by atoms with E-state index in [9.17, 15) is 18.0 Å². The SMILES string of the molecule is O=C(C1CCN(c2ccc(C(F)(F)F)nn2)CC1)N1CCN(C2CCC2)CC1. The Morgan fingerprint density at radius 1 is 0.929 bits per heavy atom. The average molecular weight is 397 g/mol. The van der Waals surface area contributed by atoms with Gasteiger partial charge in [-0.3, -0.25) is 9.69 Å². The van der Waals surface area contributed by atoms with Crippen molar-refractivity contribution in [2.24, 2.45) is 5.92 Å². The number of piperidine rings is 1. The molecule has 0 radical (unpaired) electrons. The van der Waals surface area contributed by atoms with Gasteiger partial charge in [0.2, 0.25) is 5.91 Å². The van der Waals surface area contributed by atoms with Gasteiger partial charge in [0, 0.05) is 51.2 Å². The van der Waals surface area contributed by atoms with Crippen molar-refractivity contribution in [3.63, 3.8) is 0 Å². The highest BCUT2D eigenvalue weighted by Gasteiger charge is 2.35. The van der Waals surface area contributed by atoms with Crippen LogP contribution in [0.15, 0.2) is 12.1 Å². The second kappa shape index (κ2) is 7.85. The summed E-state index contributed by atoms with van der Waals surface area (Å²) in [4.78, 5) is 19.3. The Labute approximate surface area is 162 Å². The van der Waals surface area contributed by atoms with E-state index in [1.807, 2.05) is 9.80 Å². The Kier molecular flexibility index (Phi) is 5.44. The molecule has 1 amide bonds. The van der Waals surface area contributed by atoms with E-state index in [0.29, 0.717) is 31.7 Å². The number of rotatable bonds is 3. The lowest BCUT2D eigenvalue weighted by Gasteiger charge is -2.44. The fourth-order valence-corrected chi connectivity index (χ4v) is 4.32. The van der Waals surface area contributed by atoms with Gasteiger partial charge >= 0.3 is 6.18 Å². The molecular weight excluding hydrogens is 371 g/mol. The van der Waals surface area contributed by atoms with Crippen LogP contribution in [-0.4, -0.2) is 71.2 Å². The number of nitrogens with zero attached hydrogens (tertiary/aromatic N) is 5. The number of hydrogen-bond donors (Lipinski definition) is 0. The Morgan fingerprint density at radius 3 is 2.11 bits per heavy atom. The van der Waals surface area contributed by atoms with Crippen LogP contribution in [0.5, 0.6) is 0 Å². The minimum atomic E-state index is -4.48. The van der Waals surface area contributed by atoms with Crippen LogP contribution in [0.25, 0.3) is 0 Å². The lowest BCUT2D eigenvalue weighted by Crippen LogP contribution is -2.55. The summed E-state index contributed by atoms with van der Waals surface area (Å²) in [5.41, 5.74) is -0.984. The number of amides is 1. The van der Waals surface area contributed by atoms with Gasteiger partial charge in [-0.05, 0) is 37.8 Å². The average Bonchev–Trinajstić information content (AvgIpc) is 2.66. The van der Waals surface area contributed by atoms with E-state index in [4.69, 9.17) is 0 Å². The number of piperazine rings is 1. The fraction of sp³-hybridized carbons (Fsp3) is 0.737. The zero-order valence-electron chi connectivity index (χ0n) is 15.9. The molecule has 154 valence electrons. The predicted octanol–water partition coefficient (Wildman–Crippen LogP) is 2.41. The van der Waals surface area contributed by atoms with E-state index >= 15 is 0 Å². The summed E-state index contributed by atoms with van der Waals surface area (Å²) in [6.45, 7) is 4.77. The zero-order valence-corrected chi connectivity index (χ0v) is 15.9. The van der Waals surface area contributed by atoms with Crippen LogP contribution in [0.3, 0.4) is 0 Å². The van der Waals surface area contributed by atoms with Crippen molar-refractivity contribution in [2.45, 2.75) is 44.3 Å². The molecule has 0 bridgehead atoms. The van der Waals surface area contributed by atoms with Crippen molar-refractivity contribution in [3.8, 4) is 0 Å². The second-order valence-electron chi connectivity index (χ2n) is 7.98. The van der Waals surface area contributed by atoms with Crippen molar-refractivity contribution in [3.05, 3.63) is 17.8 Å². The molecule has 0 N–H and O–H groups in total. The van der Waals surface area contributed by atoms with Gasteiger partial charge in [-0.1, -0.05) is 6.42 Å². The molecule has 1 aromatic heterocycles. The second-order valence-corrected chi connectivity index (χ2v) is 7.98. The van der Waals surface area contributed by atoms with E-state index in [1.54, 1.807) is 0 Å². The van der Waals surface area contributed by atoms with Crippen molar-refractivity contribution in [1.82, 2.24) is 20.0 Å². The summed E-state index contributed by atoms with van der Waals surface area (Å²) < 4.78 is 37.8. The van der Waals surface area contributed by atoms with E-state index in [0.717, 1.165) is 38.3 Å². The molecule has 0 spiro atoms. The summed E-state index contributed by atoms with van der Waals surface area (Å²) in [7, 11) is 0. The number of carbonyl (C=O) groups excluding carboxylic acids is 1. The van der Waals surface area contributed by atoms with Crippen molar-refractivity contribution >= 4 is 11.7 Å². The first kappa shape index (κ1) is 19.4. The quantitative estimate of drug-likeness (QED) is 0.784. The van der Waals surface area contributed by atoms with Crippen LogP contribution < -0.4 is 4.90 Å². The molecule has 2 saturated heterocycles. The van der Waals surface area contributed by atoms with Gasteiger partial charge in [-0.2, -0.15) is 13.2 Å². The molecule has 6 nitrogen and oxygen atoms in total. The molecular formula is C19H26F3N5O. The number of alkyl halides is 3. The molecule has 4 rings (SSSR count). The molecule has 1 saturated carbocycles. The molecule has 0 unspecified atom stereocenters. The van der Waals surface area contributed by atoms with Gasteiger partial charge in [0.25, 0.3) is 0 Å². The highest BCUT2D eigenvalue weighted by atomic mass is 19.4. The van der Waals surface area contributed by atoms with E-state index in [2.05, 4.69) is 15.1 Å². The Hall–Kier alpha value is -1.90. The standard InChI is InChI=1S/C19H26F3N5O/c20-19(21,22)16-4-5-17(24-23-16)26-8-6-14(7-9-26)18(28)27-12-10-25(11-13-27)15-2-1-3-15/h4-5,14-15H,1-3,6-13H2. The summed E-state index contributed by atoms with van der Waals surface area (Å²) >= 11 is 0. The number of aromatic nitrogens is 2. The summed E-state index contributed by atoms with van der Waals surface area (Å²) in [6, 6.07) is 3.05. The zero-order chi connectivity index (χ0) is 19.7. The number of hydrogen-bond acceptors (Lipinski definition) is 5. The van der Waals surface area contributed by atoms with Crippen molar-refractivity contribution < 1.29 is 18.0 Å². The van der Waals surface area contributed by atoms with Crippen LogP contribution in [0.1, 0.15) is 37.8 Å².